The van der Waals surface area contributed by atoms with Gasteiger partial charge in [-0.25, -0.2) is 0 Å². The fourth-order valence-corrected chi connectivity index (χ4v) is 3.65. The second-order valence-corrected chi connectivity index (χ2v) is 6.84. The molecule has 2 aliphatic rings. The summed E-state index contributed by atoms with van der Waals surface area (Å²) in [5.74, 6) is 0.0972. The lowest BCUT2D eigenvalue weighted by molar-refractivity contribution is -0.119. The standard InChI is InChI=1S/C18H27N3O/c1-14-6-8-16(9-7-14)19-18(22)13-21-12-17-5-3-4-10-20(17)11-15(21)2/h6-9,15,17H,3-5,10-13H2,1-2H3,(H,19,22)/t15-,17+/m1/s1. The van der Waals surface area contributed by atoms with Crippen LogP contribution in [0, 0.1) is 6.92 Å². The van der Waals surface area contributed by atoms with Crippen molar-refractivity contribution in [3.8, 4) is 0 Å². The summed E-state index contributed by atoms with van der Waals surface area (Å²) in [6.45, 7) is 8.16. The number of amides is 1. The largest absolute Gasteiger partial charge is 0.325 e. The lowest BCUT2D eigenvalue weighted by atomic mass is 9.97. The van der Waals surface area contributed by atoms with Crippen LogP contribution in [0.25, 0.3) is 0 Å². The molecule has 0 radical (unpaired) electrons. The molecule has 2 saturated heterocycles. The molecule has 22 heavy (non-hydrogen) atoms. The molecule has 0 bridgehead atoms. The van der Waals surface area contributed by atoms with Gasteiger partial charge in [0.05, 0.1) is 6.54 Å². The Bertz CT molecular complexity index is 514. The van der Waals surface area contributed by atoms with Crippen molar-refractivity contribution >= 4 is 11.6 Å². The topological polar surface area (TPSA) is 35.6 Å². The summed E-state index contributed by atoms with van der Waals surface area (Å²) in [6.07, 6.45) is 3.94. The zero-order valence-electron chi connectivity index (χ0n) is 13.7. The van der Waals surface area contributed by atoms with Crippen LogP contribution in [0.5, 0.6) is 0 Å². The highest BCUT2D eigenvalue weighted by molar-refractivity contribution is 5.92. The number of nitrogens with zero attached hydrogens (tertiary/aromatic N) is 2. The zero-order chi connectivity index (χ0) is 15.5. The number of hydrogen-bond donors (Lipinski definition) is 1. The van der Waals surface area contributed by atoms with Crippen molar-refractivity contribution in [2.45, 2.75) is 45.2 Å². The number of rotatable bonds is 3. The first-order chi connectivity index (χ1) is 10.6. The number of nitrogens with one attached hydrogen (secondary N) is 1. The minimum Gasteiger partial charge on any atom is -0.325 e. The molecule has 0 aliphatic carbocycles. The van der Waals surface area contributed by atoms with Crippen LogP contribution in [0.15, 0.2) is 24.3 Å². The fraction of sp³-hybridized carbons (Fsp3) is 0.611. The Morgan fingerprint density at radius 2 is 2.00 bits per heavy atom. The van der Waals surface area contributed by atoms with Crippen LogP contribution in [0.3, 0.4) is 0 Å². The lowest BCUT2D eigenvalue weighted by Gasteiger charge is -2.47. The lowest BCUT2D eigenvalue weighted by Crippen LogP contribution is -2.59. The summed E-state index contributed by atoms with van der Waals surface area (Å²) in [4.78, 5) is 17.3. The van der Waals surface area contributed by atoms with E-state index < -0.39 is 0 Å². The Labute approximate surface area is 133 Å². The van der Waals surface area contributed by atoms with Gasteiger partial charge in [-0.3, -0.25) is 14.6 Å². The molecule has 0 spiro atoms. The average molecular weight is 301 g/mol. The number of aryl methyl sites for hydroxylation is 1. The maximum absolute atomic E-state index is 12.3. The summed E-state index contributed by atoms with van der Waals surface area (Å²) >= 11 is 0. The van der Waals surface area contributed by atoms with Gasteiger partial charge < -0.3 is 5.32 Å². The minimum atomic E-state index is 0.0972. The van der Waals surface area contributed by atoms with Crippen LogP contribution in [0.2, 0.25) is 0 Å². The average Bonchev–Trinajstić information content (AvgIpc) is 2.50. The van der Waals surface area contributed by atoms with Crippen LogP contribution in [-0.4, -0.2) is 54.0 Å². The molecule has 0 unspecified atom stereocenters. The first kappa shape index (κ1) is 15.5. The first-order valence-corrected chi connectivity index (χ1v) is 8.46. The van der Waals surface area contributed by atoms with Crippen molar-refractivity contribution in [2.75, 3.05) is 31.5 Å². The second-order valence-electron chi connectivity index (χ2n) is 6.84. The summed E-state index contributed by atoms with van der Waals surface area (Å²) in [5.41, 5.74) is 2.10. The van der Waals surface area contributed by atoms with Gasteiger partial charge in [-0.1, -0.05) is 24.1 Å². The third-order valence-corrected chi connectivity index (χ3v) is 5.00. The summed E-state index contributed by atoms with van der Waals surface area (Å²) < 4.78 is 0. The van der Waals surface area contributed by atoms with Crippen molar-refractivity contribution in [1.29, 1.82) is 0 Å². The van der Waals surface area contributed by atoms with E-state index in [1.807, 2.05) is 24.3 Å². The van der Waals surface area contributed by atoms with Crippen molar-refractivity contribution < 1.29 is 4.79 Å². The van der Waals surface area contributed by atoms with E-state index in [2.05, 4.69) is 29.0 Å². The van der Waals surface area contributed by atoms with E-state index >= 15 is 0 Å². The Balaban J connectivity index is 1.55. The highest BCUT2D eigenvalue weighted by atomic mass is 16.2. The number of hydrogen-bond acceptors (Lipinski definition) is 3. The molecule has 2 aliphatic heterocycles. The van der Waals surface area contributed by atoms with Crippen molar-refractivity contribution in [3.63, 3.8) is 0 Å². The maximum atomic E-state index is 12.3. The van der Waals surface area contributed by atoms with Crippen molar-refractivity contribution in [2.24, 2.45) is 0 Å². The van der Waals surface area contributed by atoms with Crippen LogP contribution >= 0.6 is 0 Å². The van der Waals surface area contributed by atoms with Crippen LogP contribution < -0.4 is 5.32 Å². The molecule has 2 heterocycles. The van der Waals surface area contributed by atoms with E-state index in [4.69, 9.17) is 0 Å². The van der Waals surface area contributed by atoms with Gasteiger partial charge in [0.2, 0.25) is 5.91 Å². The molecule has 0 aromatic heterocycles. The van der Waals surface area contributed by atoms with Gasteiger partial charge in [-0.15, -0.1) is 0 Å². The molecule has 1 aromatic carbocycles. The molecule has 4 nitrogen and oxygen atoms in total. The predicted octanol–water partition coefficient (Wildman–Crippen LogP) is 2.49. The van der Waals surface area contributed by atoms with Crippen LogP contribution in [0.4, 0.5) is 5.69 Å². The maximum Gasteiger partial charge on any atom is 0.238 e. The molecular weight excluding hydrogens is 274 g/mol. The first-order valence-electron chi connectivity index (χ1n) is 8.46. The third kappa shape index (κ3) is 3.68. The summed E-state index contributed by atoms with van der Waals surface area (Å²) in [7, 11) is 0. The number of anilines is 1. The van der Waals surface area contributed by atoms with Crippen LogP contribution in [-0.2, 0) is 4.79 Å². The molecule has 4 heteroatoms. The molecule has 2 atom stereocenters. The number of carbonyl (C=O) groups excluding carboxylic acids is 1. The SMILES string of the molecule is Cc1ccc(NC(=O)CN2C[C@@H]3CCCCN3C[C@H]2C)cc1. The normalized spacial score (nSPS) is 26.5. The number of carbonyl (C=O) groups is 1. The monoisotopic (exact) mass is 301 g/mol. The Hall–Kier alpha value is -1.39. The number of benzene rings is 1. The number of fused-ring (bicyclic) bond motifs is 1. The van der Waals surface area contributed by atoms with Gasteiger partial charge in [0.1, 0.15) is 0 Å². The van der Waals surface area contributed by atoms with Gasteiger partial charge in [-0.05, 0) is 45.4 Å². The van der Waals surface area contributed by atoms with Crippen molar-refractivity contribution in [1.82, 2.24) is 9.80 Å². The Kier molecular flexibility index (Phi) is 4.79. The highest BCUT2D eigenvalue weighted by Crippen LogP contribution is 2.23. The number of piperidine rings is 1. The molecule has 1 aromatic rings. The quantitative estimate of drug-likeness (QED) is 0.932. The third-order valence-electron chi connectivity index (χ3n) is 5.00. The molecule has 2 fully saturated rings. The van der Waals surface area contributed by atoms with E-state index in [0.29, 0.717) is 18.6 Å². The molecule has 0 saturated carbocycles. The predicted molar refractivity (Wildman–Crippen MR) is 90.1 cm³/mol. The summed E-state index contributed by atoms with van der Waals surface area (Å²) in [5, 5.41) is 3.01. The summed E-state index contributed by atoms with van der Waals surface area (Å²) in [6, 6.07) is 9.10. The van der Waals surface area contributed by atoms with Gasteiger partial charge in [0.15, 0.2) is 0 Å². The van der Waals surface area contributed by atoms with Gasteiger partial charge >= 0.3 is 0 Å². The van der Waals surface area contributed by atoms with E-state index in [1.165, 1.54) is 31.4 Å². The van der Waals surface area contributed by atoms with E-state index in [9.17, 15) is 4.79 Å². The Morgan fingerprint density at radius 1 is 1.23 bits per heavy atom. The van der Waals surface area contributed by atoms with Crippen LogP contribution in [0.1, 0.15) is 31.7 Å². The van der Waals surface area contributed by atoms with Gasteiger partial charge in [-0.2, -0.15) is 0 Å². The fourth-order valence-electron chi connectivity index (χ4n) is 3.65. The second kappa shape index (κ2) is 6.80. The van der Waals surface area contributed by atoms with Gasteiger partial charge in [0.25, 0.3) is 0 Å². The zero-order valence-corrected chi connectivity index (χ0v) is 13.7. The molecule has 1 amide bonds. The van der Waals surface area contributed by atoms with Crippen molar-refractivity contribution in [3.05, 3.63) is 29.8 Å². The Morgan fingerprint density at radius 3 is 2.77 bits per heavy atom. The van der Waals surface area contributed by atoms with Gasteiger partial charge in [0, 0.05) is 30.9 Å². The van der Waals surface area contributed by atoms with E-state index in [1.54, 1.807) is 0 Å². The number of piperazine rings is 1. The smallest absolute Gasteiger partial charge is 0.238 e. The van der Waals surface area contributed by atoms with E-state index in [0.717, 1.165) is 18.8 Å². The highest BCUT2D eigenvalue weighted by Gasteiger charge is 2.33. The minimum absolute atomic E-state index is 0.0972. The molecule has 120 valence electrons. The molecule has 1 N–H and O–H groups in total. The van der Waals surface area contributed by atoms with E-state index in [-0.39, 0.29) is 5.91 Å². The molecular formula is C18H27N3O. The molecule has 3 rings (SSSR count).